The first-order valence-corrected chi connectivity index (χ1v) is 9.65. The fourth-order valence-electron chi connectivity index (χ4n) is 4.42. The van der Waals surface area contributed by atoms with E-state index in [1.54, 1.807) is 18.2 Å². The first kappa shape index (κ1) is 22.3. The molecule has 1 aliphatic rings. The lowest BCUT2D eigenvalue weighted by atomic mass is 9.61. The van der Waals surface area contributed by atoms with Crippen molar-refractivity contribution in [3.05, 3.63) is 53.4 Å². The molecule has 5 heteroatoms. The molecule has 0 aliphatic heterocycles. The molecule has 4 nitrogen and oxygen atoms in total. The Hall–Kier alpha value is -1.98. The summed E-state index contributed by atoms with van der Waals surface area (Å²) in [4.78, 5) is 10.7. The Kier molecular flexibility index (Phi) is 6.84. The zero-order valence-electron chi connectivity index (χ0n) is 17.1. The van der Waals surface area contributed by atoms with Crippen molar-refractivity contribution in [1.29, 1.82) is 0 Å². The number of hydrogen-bond acceptors (Lipinski definition) is 3. The van der Waals surface area contributed by atoms with Crippen LogP contribution in [0, 0.1) is 16.6 Å². The molecule has 28 heavy (non-hydrogen) atoms. The van der Waals surface area contributed by atoms with Crippen LogP contribution in [0.25, 0.3) is 5.57 Å². The molecule has 2 unspecified atom stereocenters. The zero-order chi connectivity index (χ0) is 21.1. The van der Waals surface area contributed by atoms with Gasteiger partial charge in [-0.3, -0.25) is 4.79 Å². The SMILES string of the molecule is CC1(C)CC(c2ccc(F)cc2)=C(C=CC(O)CC(O)CC(=O)O)C(C)(C)C1. The predicted molar refractivity (Wildman–Crippen MR) is 108 cm³/mol. The number of halogens is 1. The summed E-state index contributed by atoms with van der Waals surface area (Å²) in [6, 6.07) is 6.47. The van der Waals surface area contributed by atoms with Gasteiger partial charge in [-0.25, -0.2) is 4.39 Å². The highest BCUT2D eigenvalue weighted by Gasteiger charge is 2.38. The van der Waals surface area contributed by atoms with Gasteiger partial charge in [-0.2, -0.15) is 0 Å². The van der Waals surface area contributed by atoms with E-state index in [1.807, 2.05) is 6.08 Å². The standard InChI is InChI=1S/C23H31FO4/c1-22(2)13-19(15-5-7-16(24)8-6-15)20(23(3,4)14-22)10-9-17(25)11-18(26)12-21(27)28/h5-10,17-18,25-26H,11-14H2,1-4H3,(H,27,28). The monoisotopic (exact) mass is 390 g/mol. The second kappa shape index (κ2) is 8.58. The minimum Gasteiger partial charge on any atom is -0.481 e. The lowest BCUT2D eigenvalue weighted by Gasteiger charge is -2.43. The molecule has 0 saturated carbocycles. The van der Waals surface area contributed by atoms with Gasteiger partial charge >= 0.3 is 5.97 Å². The number of hydrogen-bond donors (Lipinski definition) is 3. The van der Waals surface area contributed by atoms with Crippen molar-refractivity contribution in [1.82, 2.24) is 0 Å². The van der Waals surface area contributed by atoms with Crippen molar-refractivity contribution in [2.75, 3.05) is 0 Å². The van der Waals surface area contributed by atoms with E-state index < -0.39 is 24.6 Å². The van der Waals surface area contributed by atoms with E-state index in [0.717, 1.165) is 29.6 Å². The Balaban J connectivity index is 2.36. The van der Waals surface area contributed by atoms with Gasteiger partial charge in [-0.15, -0.1) is 0 Å². The number of carboxylic acids is 1. The minimum absolute atomic E-state index is 0.0338. The number of aliphatic carboxylic acids is 1. The fourth-order valence-corrected chi connectivity index (χ4v) is 4.42. The molecule has 2 rings (SSSR count). The maximum atomic E-state index is 13.4. The van der Waals surface area contributed by atoms with Crippen molar-refractivity contribution in [3.63, 3.8) is 0 Å². The van der Waals surface area contributed by atoms with Gasteiger partial charge < -0.3 is 15.3 Å². The molecule has 0 aromatic heterocycles. The number of rotatable bonds is 7. The summed E-state index contributed by atoms with van der Waals surface area (Å²) < 4.78 is 13.4. The Bertz CT molecular complexity index is 759. The zero-order valence-corrected chi connectivity index (χ0v) is 17.1. The molecule has 1 aromatic rings. The normalized spacial score (nSPS) is 21.0. The number of carboxylic acid groups (broad SMARTS) is 1. The van der Waals surface area contributed by atoms with Crippen molar-refractivity contribution in [2.24, 2.45) is 10.8 Å². The summed E-state index contributed by atoms with van der Waals surface area (Å²) in [7, 11) is 0. The Morgan fingerprint density at radius 2 is 1.79 bits per heavy atom. The van der Waals surface area contributed by atoms with Gasteiger partial charge in [-0.1, -0.05) is 52.0 Å². The van der Waals surface area contributed by atoms with Crippen LogP contribution in [0.2, 0.25) is 0 Å². The largest absolute Gasteiger partial charge is 0.481 e. The Morgan fingerprint density at radius 3 is 2.36 bits per heavy atom. The molecule has 0 amide bonds. The number of aliphatic hydroxyl groups excluding tert-OH is 2. The van der Waals surface area contributed by atoms with Crippen LogP contribution in [0.1, 0.15) is 58.9 Å². The molecule has 1 aromatic carbocycles. The summed E-state index contributed by atoms with van der Waals surface area (Å²) in [5.41, 5.74) is 3.09. The Labute approximate surface area is 166 Å². The van der Waals surface area contributed by atoms with Gasteiger partial charge in [0, 0.05) is 6.42 Å². The lowest BCUT2D eigenvalue weighted by molar-refractivity contribution is -0.139. The van der Waals surface area contributed by atoms with Gasteiger partial charge in [0.05, 0.1) is 18.6 Å². The highest BCUT2D eigenvalue weighted by atomic mass is 19.1. The summed E-state index contributed by atoms with van der Waals surface area (Å²) in [6.45, 7) is 8.75. The molecule has 0 heterocycles. The van der Waals surface area contributed by atoms with E-state index >= 15 is 0 Å². The average molecular weight is 390 g/mol. The van der Waals surface area contributed by atoms with Crippen LogP contribution < -0.4 is 0 Å². The third-order valence-electron chi connectivity index (χ3n) is 5.23. The van der Waals surface area contributed by atoms with Crippen LogP contribution in [0.3, 0.4) is 0 Å². The summed E-state index contributed by atoms with van der Waals surface area (Å²) in [5.74, 6) is -1.38. The van der Waals surface area contributed by atoms with Crippen molar-refractivity contribution >= 4 is 11.5 Å². The molecule has 0 spiro atoms. The summed E-state index contributed by atoms with van der Waals surface area (Å²) in [6.07, 6.45) is 2.82. The second-order valence-corrected chi connectivity index (χ2v) is 9.21. The number of aliphatic hydroxyl groups is 2. The minimum atomic E-state index is -1.10. The first-order valence-electron chi connectivity index (χ1n) is 9.65. The second-order valence-electron chi connectivity index (χ2n) is 9.21. The van der Waals surface area contributed by atoms with Crippen LogP contribution in [0.5, 0.6) is 0 Å². The molecule has 0 bridgehead atoms. The van der Waals surface area contributed by atoms with Crippen LogP contribution in [-0.2, 0) is 4.79 Å². The maximum Gasteiger partial charge on any atom is 0.305 e. The van der Waals surface area contributed by atoms with Gasteiger partial charge in [-0.05, 0) is 52.5 Å². The van der Waals surface area contributed by atoms with Crippen molar-refractivity contribution in [3.8, 4) is 0 Å². The summed E-state index contributed by atoms with van der Waals surface area (Å²) >= 11 is 0. The van der Waals surface area contributed by atoms with E-state index in [9.17, 15) is 19.4 Å². The molecular weight excluding hydrogens is 359 g/mol. The molecular formula is C23H31FO4. The Morgan fingerprint density at radius 1 is 1.18 bits per heavy atom. The molecule has 3 N–H and O–H groups in total. The predicted octanol–water partition coefficient (Wildman–Crippen LogP) is 4.57. The number of allylic oxidation sites excluding steroid dienone is 3. The van der Waals surface area contributed by atoms with Crippen LogP contribution in [-0.4, -0.2) is 33.5 Å². The van der Waals surface area contributed by atoms with Crippen LogP contribution in [0.4, 0.5) is 4.39 Å². The highest BCUT2D eigenvalue weighted by Crippen LogP contribution is 2.52. The number of benzene rings is 1. The molecule has 0 radical (unpaired) electrons. The molecule has 0 saturated heterocycles. The average Bonchev–Trinajstić information content (AvgIpc) is 2.51. The van der Waals surface area contributed by atoms with Crippen molar-refractivity contribution < 1.29 is 24.5 Å². The van der Waals surface area contributed by atoms with Gasteiger partial charge in [0.1, 0.15) is 5.82 Å². The van der Waals surface area contributed by atoms with Crippen LogP contribution in [0.15, 0.2) is 42.0 Å². The van der Waals surface area contributed by atoms with Crippen LogP contribution >= 0.6 is 0 Å². The van der Waals surface area contributed by atoms with Gasteiger partial charge in [0.25, 0.3) is 0 Å². The maximum absolute atomic E-state index is 13.4. The third kappa shape index (κ3) is 6.01. The van der Waals surface area contributed by atoms with E-state index in [4.69, 9.17) is 5.11 Å². The van der Waals surface area contributed by atoms with E-state index in [2.05, 4.69) is 27.7 Å². The van der Waals surface area contributed by atoms with E-state index in [0.29, 0.717) is 0 Å². The highest BCUT2D eigenvalue weighted by molar-refractivity contribution is 5.73. The van der Waals surface area contributed by atoms with Crippen molar-refractivity contribution in [2.45, 2.75) is 65.6 Å². The smallest absolute Gasteiger partial charge is 0.305 e. The fraction of sp³-hybridized carbons (Fsp3) is 0.522. The van der Waals surface area contributed by atoms with E-state index in [1.165, 1.54) is 12.1 Å². The number of carbonyl (C=O) groups is 1. The van der Waals surface area contributed by atoms with Gasteiger partial charge in [0.2, 0.25) is 0 Å². The topological polar surface area (TPSA) is 77.8 Å². The molecule has 1 aliphatic carbocycles. The molecule has 2 atom stereocenters. The quantitative estimate of drug-likeness (QED) is 0.637. The summed E-state index contributed by atoms with van der Waals surface area (Å²) in [5, 5.41) is 28.7. The third-order valence-corrected chi connectivity index (χ3v) is 5.23. The molecule has 154 valence electrons. The van der Waals surface area contributed by atoms with Gasteiger partial charge in [0.15, 0.2) is 0 Å². The first-order chi connectivity index (χ1) is 12.9. The lowest BCUT2D eigenvalue weighted by Crippen LogP contribution is -2.30. The molecule has 0 fully saturated rings. The van der Waals surface area contributed by atoms with E-state index in [-0.39, 0.29) is 23.1 Å².